The van der Waals surface area contributed by atoms with Crippen molar-refractivity contribution in [2.24, 2.45) is 0 Å². The molecule has 0 radical (unpaired) electrons. The number of aromatic nitrogens is 1. The predicted molar refractivity (Wildman–Crippen MR) is 85.4 cm³/mol. The molecule has 0 aliphatic carbocycles. The number of halogens is 1. The molecule has 6 heteroatoms. The minimum absolute atomic E-state index is 0.0176. The van der Waals surface area contributed by atoms with Crippen LogP contribution in [0, 0.1) is 0 Å². The average Bonchev–Trinajstić information content (AvgIpc) is 2.47. The van der Waals surface area contributed by atoms with Crippen LogP contribution < -0.4 is 5.32 Å². The van der Waals surface area contributed by atoms with Crippen LogP contribution in [0.15, 0.2) is 34.9 Å². The third kappa shape index (κ3) is 4.68. The standard InChI is InChI=1S/C15H17BrN2O3/c1-2-21-14(19)10-20-7-6-17-13-5-3-4-11-8-12(16)9-18-15(11)13/h3-5,8-9,17H,2,6-7,10H2,1H3. The molecule has 0 aliphatic rings. The van der Waals surface area contributed by atoms with Crippen molar-refractivity contribution in [2.45, 2.75) is 6.92 Å². The van der Waals surface area contributed by atoms with E-state index in [0.29, 0.717) is 19.8 Å². The molecule has 1 aromatic heterocycles. The van der Waals surface area contributed by atoms with Gasteiger partial charge in [-0.05, 0) is 35.0 Å². The number of rotatable bonds is 7. The van der Waals surface area contributed by atoms with Crippen LogP contribution in [0.2, 0.25) is 0 Å². The van der Waals surface area contributed by atoms with Crippen LogP contribution in [-0.4, -0.2) is 37.3 Å². The van der Waals surface area contributed by atoms with Gasteiger partial charge in [0.1, 0.15) is 6.61 Å². The summed E-state index contributed by atoms with van der Waals surface area (Å²) < 4.78 is 11.0. The highest BCUT2D eigenvalue weighted by Crippen LogP contribution is 2.23. The Kier molecular flexibility index (Phi) is 5.95. The van der Waals surface area contributed by atoms with E-state index >= 15 is 0 Å². The molecule has 0 atom stereocenters. The maximum Gasteiger partial charge on any atom is 0.332 e. The van der Waals surface area contributed by atoms with Gasteiger partial charge in [-0.25, -0.2) is 4.79 Å². The Morgan fingerprint density at radius 3 is 3.10 bits per heavy atom. The fourth-order valence-corrected chi connectivity index (χ4v) is 2.24. The van der Waals surface area contributed by atoms with Crippen molar-refractivity contribution in [3.05, 3.63) is 34.9 Å². The molecule has 0 aliphatic heterocycles. The van der Waals surface area contributed by atoms with Crippen molar-refractivity contribution in [3.63, 3.8) is 0 Å². The molecule has 21 heavy (non-hydrogen) atoms. The lowest BCUT2D eigenvalue weighted by Crippen LogP contribution is -2.16. The number of ether oxygens (including phenoxy) is 2. The summed E-state index contributed by atoms with van der Waals surface area (Å²) in [6.07, 6.45) is 1.77. The Bertz CT molecular complexity index is 619. The summed E-state index contributed by atoms with van der Waals surface area (Å²) in [5.41, 5.74) is 1.85. The minimum atomic E-state index is -0.339. The Morgan fingerprint density at radius 2 is 2.29 bits per heavy atom. The monoisotopic (exact) mass is 352 g/mol. The van der Waals surface area contributed by atoms with Crippen LogP contribution in [0.4, 0.5) is 5.69 Å². The molecule has 1 heterocycles. The molecule has 0 amide bonds. The molecule has 2 rings (SSSR count). The van der Waals surface area contributed by atoms with Crippen molar-refractivity contribution in [3.8, 4) is 0 Å². The number of benzene rings is 1. The zero-order valence-electron chi connectivity index (χ0n) is 11.8. The first-order chi connectivity index (χ1) is 10.2. The zero-order valence-corrected chi connectivity index (χ0v) is 13.4. The van der Waals surface area contributed by atoms with Gasteiger partial charge in [0.2, 0.25) is 0 Å². The number of hydrogen-bond acceptors (Lipinski definition) is 5. The van der Waals surface area contributed by atoms with Crippen LogP contribution in [0.5, 0.6) is 0 Å². The van der Waals surface area contributed by atoms with E-state index in [2.05, 4.69) is 26.2 Å². The fraction of sp³-hybridized carbons (Fsp3) is 0.333. The number of pyridine rings is 1. The lowest BCUT2D eigenvalue weighted by molar-refractivity contribution is -0.148. The van der Waals surface area contributed by atoms with E-state index in [1.807, 2.05) is 24.3 Å². The van der Waals surface area contributed by atoms with Crippen molar-refractivity contribution in [1.29, 1.82) is 0 Å². The van der Waals surface area contributed by atoms with Crippen LogP contribution in [0.25, 0.3) is 10.9 Å². The summed E-state index contributed by atoms with van der Waals surface area (Å²) in [6, 6.07) is 7.97. The van der Waals surface area contributed by atoms with Crippen molar-refractivity contribution in [1.82, 2.24) is 4.98 Å². The first-order valence-electron chi connectivity index (χ1n) is 6.72. The predicted octanol–water partition coefficient (Wildman–Crippen LogP) is 2.99. The van der Waals surface area contributed by atoms with Crippen LogP contribution in [0.3, 0.4) is 0 Å². The molecule has 0 saturated carbocycles. The molecule has 5 nitrogen and oxygen atoms in total. The van der Waals surface area contributed by atoms with E-state index in [-0.39, 0.29) is 12.6 Å². The second-order valence-corrected chi connectivity index (χ2v) is 5.23. The maximum atomic E-state index is 11.1. The Hall–Kier alpha value is -1.66. The number of carbonyl (C=O) groups is 1. The molecule has 2 aromatic rings. The van der Waals surface area contributed by atoms with Gasteiger partial charge in [0.15, 0.2) is 0 Å². The van der Waals surface area contributed by atoms with E-state index in [9.17, 15) is 4.79 Å². The van der Waals surface area contributed by atoms with Crippen LogP contribution in [0.1, 0.15) is 6.92 Å². The van der Waals surface area contributed by atoms with Gasteiger partial charge in [-0.2, -0.15) is 0 Å². The summed E-state index contributed by atoms with van der Waals surface area (Å²) in [6.45, 7) is 3.14. The molecule has 1 aromatic carbocycles. The fourth-order valence-electron chi connectivity index (χ4n) is 1.89. The highest BCUT2D eigenvalue weighted by Gasteiger charge is 2.03. The summed E-state index contributed by atoms with van der Waals surface area (Å²) in [7, 11) is 0. The van der Waals surface area contributed by atoms with Crippen LogP contribution >= 0.6 is 15.9 Å². The SMILES string of the molecule is CCOC(=O)COCCNc1cccc2cc(Br)cnc12. The van der Waals surface area contributed by atoms with Gasteiger partial charge >= 0.3 is 5.97 Å². The molecule has 0 unspecified atom stereocenters. The van der Waals surface area contributed by atoms with Gasteiger partial charge in [-0.3, -0.25) is 4.98 Å². The van der Waals surface area contributed by atoms with Crippen molar-refractivity contribution >= 4 is 38.5 Å². The normalized spacial score (nSPS) is 10.6. The number of esters is 1. The Labute approximate surface area is 131 Å². The van der Waals surface area contributed by atoms with Gasteiger partial charge in [-0.1, -0.05) is 12.1 Å². The topological polar surface area (TPSA) is 60.5 Å². The Morgan fingerprint density at radius 1 is 1.43 bits per heavy atom. The van der Waals surface area contributed by atoms with Crippen molar-refractivity contribution in [2.75, 3.05) is 31.7 Å². The first-order valence-corrected chi connectivity index (χ1v) is 7.51. The van der Waals surface area contributed by atoms with Crippen LogP contribution in [-0.2, 0) is 14.3 Å². The average molecular weight is 353 g/mol. The van der Waals surface area contributed by atoms with E-state index in [1.54, 1.807) is 13.1 Å². The summed E-state index contributed by atoms with van der Waals surface area (Å²) >= 11 is 3.41. The highest BCUT2D eigenvalue weighted by atomic mass is 79.9. The van der Waals surface area contributed by atoms with E-state index in [1.165, 1.54) is 0 Å². The minimum Gasteiger partial charge on any atom is -0.464 e. The Balaban J connectivity index is 1.85. The second kappa shape index (κ2) is 7.95. The number of anilines is 1. The molecule has 0 fully saturated rings. The summed E-state index contributed by atoms with van der Waals surface area (Å²) in [4.78, 5) is 15.5. The molecule has 0 saturated heterocycles. The van der Waals surface area contributed by atoms with Gasteiger partial charge in [0.25, 0.3) is 0 Å². The third-order valence-electron chi connectivity index (χ3n) is 2.76. The quantitative estimate of drug-likeness (QED) is 0.613. The summed E-state index contributed by atoms with van der Waals surface area (Å²) in [5.74, 6) is -0.339. The summed E-state index contributed by atoms with van der Waals surface area (Å²) in [5, 5.41) is 4.32. The lowest BCUT2D eigenvalue weighted by atomic mass is 10.2. The third-order valence-corrected chi connectivity index (χ3v) is 3.20. The van der Waals surface area contributed by atoms with Gasteiger partial charge < -0.3 is 14.8 Å². The smallest absolute Gasteiger partial charge is 0.332 e. The lowest BCUT2D eigenvalue weighted by Gasteiger charge is -2.09. The molecule has 0 bridgehead atoms. The van der Waals surface area contributed by atoms with Gasteiger partial charge in [-0.15, -0.1) is 0 Å². The molecule has 112 valence electrons. The number of carbonyl (C=O) groups excluding carboxylic acids is 1. The maximum absolute atomic E-state index is 11.1. The highest BCUT2D eigenvalue weighted by molar-refractivity contribution is 9.10. The van der Waals surface area contributed by atoms with Gasteiger partial charge in [0.05, 0.1) is 24.4 Å². The number of nitrogens with one attached hydrogen (secondary N) is 1. The van der Waals surface area contributed by atoms with Gasteiger partial charge in [0, 0.05) is 22.6 Å². The number of para-hydroxylation sites is 1. The van der Waals surface area contributed by atoms with Crippen molar-refractivity contribution < 1.29 is 14.3 Å². The molecular formula is C15H17BrN2O3. The molecular weight excluding hydrogens is 336 g/mol. The first kappa shape index (κ1) is 15.7. The number of nitrogens with zero attached hydrogens (tertiary/aromatic N) is 1. The van der Waals surface area contributed by atoms with E-state index < -0.39 is 0 Å². The number of hydrogen-bond donors (Lipinski definition) is 1. The molecule has 1 N–H and O–H groups in total. The zero-order chi connectivity index (χ0) is 15.1. The second-order valence-electron chi connectivity index (χ2n) is 4.32. The largest absolute Gasteiger partial charge is 0.464 e. The van der Waals surface area contributed by atoms with E-state index in [0.717, 1.165) is 21.1 Å². The van der Waals surface area contributed by atoms with E-state index in [4.69, 9.17) is 9.47 Å². The number of fused-ring (bicyclic) bond motifs is 1. The molecule has 0 spiro atoms.